The minimum absolute atomic E-state index is 0.119. The smallest absolute Gasteiger partial charge is 0.277 e. The van der Waals surface area contributed by atoms with E-state index in [9.17, 15) is 4.79 Å². The van der Waals surface area contributed by atoms with Crippen LogP contribution in [0.25, 0.3) is 27.5 Å². The van der Waals surface area contributed by atoms with E-state index in [-0.39, 0.29) is 11.5 Å². The summed E-state index contributed by atoms with van der Waals surface area (Å²) in [5.74, 6) is 0.929. The SMILES string of the molecule is C=C=CCn1c(/C(=C/C=C\C)C(C)CC)ncc(NCc2ccc3oc4ccccc4c3c2)c1=O. The van der Waals surface area contributed by atoms with E-state index in [4.69, 9.17) is 9.40 Å². The molecule has 0 fully saturated rings. The Morgan fingerprint density at radius 1 is 1.23 bits per heavy atom. The lowest BCUT2D eigenvalue weighted by atomic mass is 9.96. The fraction of sp³-hybridized carbons (Fsp3) is 0.233. The van der Waals surface area contributed by atoms with Gasteiger partial charge in [-0.2, -0.15) is 0 Å². The minimum atomic E-state index is -0.119. The summed E-state index contributed by atoms with van der Waals surface area (Å²) in [5.41, 5.74) is 6.92. The van der Waals surface area contributed by atoms with Crippen LogP contribution in [0.2, 0.25) is 0 Å². The molecule has 1 atom stereocenters. The zero-order valence-electron chi connectivity index (χ0n) is 20.5. The van der Waals surface area contributed by atoms with Crippen molar-refractivity contribution in [2.45, 2.75) is 40.3 Å². The minimum Gasteiger partial charge on any atom is -0.456 e. The summed E-state index contributed by atoms with van der Waals surface area (Å²) in [6.45, 7) is 10.8. The Balaban J connectivity index is 1.68. The molecule has 0 saturated heterocycles. The third kappa shape index (κ3) is 5.06. The van der Waals surface area contributed by atoms with Crippen LogP contribution in [0.3, 0.4) is 0 Å². The highest BCUT2D eigenvalue weighted by Gasteiger charge is 2.17. The predicted molar refractivity (Wildman–Crippen MR) is 145 cm³/mol. The lowest BCUT2D eigenvalue weighted by Crippen LogP contribution is -2.27. The second-order valence-corrected chi connectivity index (χ2v) is 8.56. The molecule has 0 saturated carbocycles. The van der Waals surface area contributed by atoms with Gasteiger partial charge in [-0.25, -0.2) is 4.98 Å². The first-order valence-electron chi connectivity index (χ1n) is 12.0. The molecule has 2 aromatic carbocycles. The molecule has 0 aliphatic heterocycles. The van der Waals surface area contributed by atoms with E-state index in [0.717, 1.165) is 39.5 Å². The van der Waals surface area contributed by atoms with E-state index in [1.165, 1.54) is 0 Å². The average molecular weight is 466 g/mol. The number of furan rings is 1. The van der Waals surface area contributed by atoms with Gasteiger partial charge in [0.2, 0.25) is 0 Å². The highest BCUT2D eigenvalue weighted by Crippen LogP contribution is 2.29. The number of nitrogens with zero attached hydrogens (tertiary/aromatic N) is 2. The number of benzene rings is 2. The first-order chi connectivity index (χ1) is 17.1. The lowest BCUT2D eigenvalue weighted by Gasteiger charge is -2.19. The van der Waals surface area contributed by atoms with Crippen molar-refractivity contribution in [3.63, 3.8) is 0 Å². The summed E-state index contributed by atoms with van der Waals surface area (Å²) >= 11 is 0. The Morgan fingerprint density at radius 3 is 2.80 bits per heavy atom. The first kappa shape index (κ1) is 24.1. The molecular formula is C30H31N3O2. The van der Waals surface area contributed by atoms with Crippen LogP contribution < -0.4 is 10.9 Å². The molecule has 178 valence electrons. The zero-order valence-corrected chi connectivity index (χ0v) is 20.5. The third-order valence-corrected chi connectivity index (χ3v) is 6.26. The van der Waals surface area contributed by atoms with Gasteiger partial charge >= 0.3 is 0 Å². The summed E-state index contributed by atoms with van der Waals surface area (Å²) in [6.07, 6.45) is 10.3. The maximum atomic E-state index is 13.5. The Hall–Kier alpha value is -4.08. The van der Waals surface area contributed by atoms with Gasteiger partial charge in [-0.1, -0.05) is 62.9 Å². The molecule has 0 aliphatic carbocycles. The topological polar surface area (TPSA) is 60.1 Å². The van der Waals surface area contributed by atoms with Gasteiger partial charge in [0.15, 0.2) is 0 Å². The van der Waals surface area contributed by atoms with Crippen LogP contribution in [0.1, 0.15) is 38.6 Å². The molecule has 0 bridgehead atoms. The molecule has 4 aromatic rings. The van der Waals surface area contributed by atoms with Crippen LogP contribution in [0, 0.1) is 5.92 Å². The number of aromatic nitrogens is 2. The molecule has 35 heavy (non-hydrogen) atoms. The number of nitrogens with one attached hydrogen (secondary N) is 1. The molecule has 4 rings (SSSR count). The largest absolute Gasteiger partial charge is 0.456 e. The van der Waals surface area contributed by atoms with Crippen LogP contribution >= 0.6 is 0 Å². The van der Waals surface area contributed by atoms with E-state index in [1.807, 2.05) is 55.5 Å². The number of hydrogen-bond donors (Lipinski definition) is 1. The number of rotatable bonds is 9. The van der Waals surface area contributed by atoms with Crippen LogP contribution in [-0.2, 0) is 13.1 Å². The molecule has 5 nitrogen and oxygen atoms in total. The van der Waals surface area contributed by atoms with Crippen molar-refractivity contribution < 1.29 is 4.42 Å². The summed E-state index contributed by atoms with van der Waals surface area (Å²) in [5, 5.41) is 5.44. The lowest BCUT2D eigenvalue weighted by molar-refractivity contribution is 0.669. The number of hydrogen-bond acceptors (Lipinski definition) is 4. The quantitative estimate of drug-likeness (QED) is 0.211. The van der Waals surface area contributed by atoms with Crippen molar-refractivity contribution in [1.29, 1.82) is 0 Å². The van der Waals surface area contributed by atoms with Crippen molar-refractivity contribution in [2.75, 3.05) is 5.32 Å². The van der Waals surface area contributed by atoms with E-state index in [2.05, 4.69) is 43.6 Å². The summed E-state index contributed by atoms with van der Waals surface area (Å²) in [4.78, 5) is 18.2. The molecule has 0 aliphatic rings. The average Bonchev–Trinajstić information content (AvgIpc) is 3.25. The zero-order chi connectivity index (χ0) is 24.8. The Labute approximate surface area is 205 Å². The van der Waals surface area contributed by atoms with Gasteiger partial charge in [0, 0.05) is 17.3 Å². The van der Waals surface area contributed by atoms with Gasteiger partial charge in [-0.05, 0) is 54.7 Å². The number of fused-ring (bicyclic) bond motifs is 3. The fourth-order valence-electron chi connectivity index (χ4n) is 4.13. The molecule has 5 heteroatoms. The third-order valence-electron chi connectivity index (χ3n) is 6.26. The van der Waals surface area contributed by atoms with Gasteiger partial charge in [0.1, 0.15) is 22.7 Å². The van der Waals surface area contributed by atoms with Gasteiger partial charge in [0.05, 0.1) is 12.7 Å². The summed E-state index contributed by atoms with van der Waals surface area (Å²) < 4.78 is 7.62. The van der Waals surface area contributed by atoms with Crippen LogP contribution in [0.4, 0.5) is 5.69 Å². The molecule has 0 amide bonds. The maximum absolute atomic E-state index is 13.5. The first-order valence-corrected chi connectivity index (χ1v) is 12.0. The van der Waals surface area contributed by atoms with E-state index in [1.54, 1.807) is 16.8 Å². The van der Waals surface area contributed by atoms with Crippen molar-refractivity contribution in [2.24, 2.45) is 5.92 Å². The van der Waals surface area contributed by atoms with E-state index < -0.39 is 0 Å². The van der Waals surface area contributed by atoms with Crippen molar-refractivity contribution in [3.05, 3.63) is 107 Å². The van der Waals surface area contributed by atoms with Gasteiger partial charge in [-0.3, -0.25) is 9.36 Å². The molecular weight excluding hydrogens is 434 g/mol. The van der Waals surface area contributed by atoms with Gasteiger partial charge in [0.25, 0.3) is 5.56 Å². The van der Waals surface area contributed by atoms with Crippen LogP contribution in [0.5, 0.6) is 0 Å². The van der Waals surface area contributed by atoms with Crippen molar-refractivity contribution in [3.8, 4) is 0 Å². The van der Waals surface area contributed by atoms with Gasteiger partial charge in [-0.15, -0.1) is 5.73 Å². The Bertz CT molecular complexity index is 1510. The van der Waals surface area contributed by atoms with Crippen molar-refractivity contribution in [1.82, 2.24) is 9.55 Å². The summed E-state index contributed by atoms with van der Waals surface area (Å²) in [6, 6.07) is 14.1. The van der Waals surface area contributed by atoms with E-state index >= 15 is 0 Å². The second kappa shape index (κ2) is 10.9. The molecule has 2 aromatic heterocycles. The van der Waals surface area contributed by atoms with Gasteiger partial charge < -0.3 is 9.73 Å². The standard InChI is InChI=1S/C30H31N3O2/c1-5-8-12-23(21(4)7-3)29-32-20-26(30(34)33(29)17-9-6-2)31-19-22-15-16-28-25(18-22)24-13-10-11-14-27(24)35-28/h5,8-16,18,20-21,31H,2,7,17,19H2,1,3-4H3/b8-5-,23-12+. The van der Waals surface area contributed by atoms with Crippen LogP contribution in [-0.4, -0.2) is 9.55 Å². The normalized spacial score (nSPS) is 12.8. The Kier molecular flexibility index (Phi) is 7.49. The second-order valence-electron chi connectivity index (χ2n) is 8.56. The molecule has 2 heterocycles. The highest BCUT2D eigenvalue weighted by atomic mass is 16.3. The number of para-hydroxylation sites is 1. The van der Waals surface area contributed by atoms with E-state index in [0.29, 0.717) is 24.6 Å². The molecule has 1 N–H and O–H groups in total. The highest BCUT2D eigenvalue weighted by molar-refractivity contribution is 6.05. The fourth-order valence-corrected chi connectivity index (χ4v) is 4.13. The molecule has 0 radical (unpaired) electrons. The number of anilines is 1. The van der Waals surface area contributed by atoms with Crippen molar-refractivity contribution >= 4 is 33.2 Å². The monoisotopic (exact) mass is 465 g/mol. The van der Waals surface area contributed by atoms with Crippen LogP contribution in [0.15, 0.2) is 94.5 Å². The molecule has 0 spiro atoms. The molecule has 1 unspecified atom stereocenters. The predicted octanol–water partition coefficient (Wildman–Crippen LogP) is 7.10. The summed E-state index contributed by atoms with van der Waals surface area (Å²) in [7, 11) is 0. The number of allylic oxidation sites excluding steroid dienone is 5. The maximum Gasteiger partial charge on any atom is 0.277 e. The Morgan fingerprint density at radius 2 is 2.03 bits per heavy atom.